The van der Waals surface area contributed by atoms with Crippen LogP contribution < -0.4 is 11.1 Å². The normalized spacial score (nSPS) is 12.7. The second kappa shape index (κ2) is 6.60. The highest BCUT2D eigenvalue weighted by atomic mass is 19.3. The number of carbonyl (C=O) groups is 1. The summed E-state index contributed by atoms with van der Waals surface area (Å²) in [6, 6.07) is 1.30. The van der Waals surface area contributed by atoms with Gasteiger partial charge in [0.25, 0.3) is 6.43 Å². The van der Waals surface area contributed by atoms with Gasteiger partial charge >= 0.3 is 6.09 Å². The molecular weight excluding hydrogens is 273 g/mol. The third kappa shape index (κ3) is 4.12. The number of nitrogens with two attached hydrogens (primary N) is 1. The first-order chi connectivity index (χ1) is 9.22. The van der Waals surface area contributed by atoms with Crippen molar-refractivity contribution in [1.29, 1.82) is 0 Å². The van der Waals surface area contributed by atoms with Gasteiger partial charge in [0.15, 0.2) is 0 Å². The Labute approximate surface area is 115 Å². The van der Waals surface area contributed by atoms with Crippen LogP contribution >= 0.6 is 0 Å². The van der Waals surface area contributed by atoms with Gasteiger partial charge in [-0.25, -0.2) is 18.0 Å². The van der Waals surface area contributed by atoms with E-state index in [9.17, 15) is 18.0 Å². The fourth-order valence-corrected chi connectivity index (χ4v) is 1.59. The summed E-state index contributed by atoms with van der Waals surface area (Å²) in [5, 5.41) is 2.27. The molecule has 0 aliphatic carbocycles. The number of ether oxygens (including phenoxy) is 1. The zero-order valence-corrected chi connectivity index (χ0v) is 11.4. The highest BCUT2D eigenvalue weighted by molar-refractivity contribution is 5.85. The van der Waals surface area contributed by atoms with Gasteiger partial charge in [0, 0.05) is 17.3 Å². The molecule has 0 bridgehead atoms. The molecule has 1 rings (SSSR count). The summed E-state index contributed by atoms with van der Waals surface area (Å²) < 4.78 is 44.2. The average Bonchev–Trinajstić information content (AvgIpc) is 2.29. The van der Waals surface area contributed by atoms with Crippen LogP contribution in [0.4, 0.5) is 23.7 Å². The summed E-state index contributed by atoms with van der Waals surface area (Å²) in [7, 11) is 0. The molecule has 112 valence electrons. The van der Waals surface area contributed by atoms with E-state index in [2.05, 4.69) is 5.32 Å². The minimum atomic E-state index is -3.00. The van der Waals surface area contributed by atoms with Crippen LogP contribution in [0, 0.1) is 5.82 Å². The molecule has 3 N–H and O–H groups in total. The smallest absolute Gasteiger partial charge is 0.411 e. The third-order valence-electron chi connectivity index (χ3n) is 2.44. The Balaban J connectivity index is 3.11. The zero-order chi connectivity index (χ0) is 15.4. The van der Waals surface area contributed by atoms with Crippen molar-refractivity contribution in [2.75, 3.05) is 5.32 Å². The highest BCUT2D eigenvalue weighted by Crippen LogP contribution is 2.30. The Kier molecular flexibility index (Phi) is 5.38. The fourth-order valence-electron chi connectivity index (χ4n) is 1.59. The van der Waals surface area contributed by atoms with Crippen LogP contribution in [0.5, 0.6) is 0 Å². The van der Waals surface area contributed by atoms with Crippen molar-refractivity contribution in [3.63, 3.8) is 0 Å². The van der Waals surface area contributed by atoms with E-state index in [1.165, 1.54) is 13.0 Å². The van der Waals surface area contributed by atoms with E-state index in [1.807, 2.05) is 0 Å². The minimum Gasteiger partial charge on any atom is -0.447 e. The molecule has 0 aromatic heterocycles. The van der Waals surface area contributed by atoms with E-state index in [-0.39, 0.29) is 17.4 Å². The average molecular weight is 290 g/mol. The number of rotatable bonds is 4. The van der Waals surface area contributed by atoms with Crippen LogP contribution in [0.15, 0.2) is 12.1 Å². The third-order valence-corrected chi connectivity index (χ3v) is 2.44. The maximum absolute atomic E-state index is 13.8. The molecule has 20 heavy (non-hydrogen) atoms. The van der Waals surface area contributed by atoms with Gasteiger partial charge in [-0.2, -0.15) is 0 Å². The van der Waals surface area contributed by atoms with E-state index >= 15 is 0 Å². The molecule has 0 spiro atoms. The van der Waals surface area contributed by atoms with Crippen LogP contribution in [-0.4, -0.2) is 12.2 Å². The van der Waals surface area contributed by atoms with Crippen molar-refractivity contribution in [3.8, 4) is 0 Å². The van der Waals surface area contributed by atoms with Crippen LogP contribution in [0.1, 0.15) is 44.4 Å². The van der Waals surface area contributed by atoms with Crippen LogP contribution in [0.25, 0.3) is 0 Å². The number of benzene rings is 1. The lowest BCUT2D eigenvalue weighted by atomic mass is 10.0. The van der Waals surface area contributed by atoms with Crippen molar-refractivity contribution in [3.05, 3.63) is 29.1 Å². The predicted molar refractivity (Wildman–Crippen MR) is 69.2 cm³/mol. The molecule has 0 heterocycles. The molecule has 0 radical (unpaired) electrons. The first-order valence-corrected chi connectivity index (χ1v) is 6.07. The van der Waals surface area contributed by atoms with Crippen LogP contribution in [-0.2, 0) is 4.74 Å². The first kappa shape index (κ1) is 16.3. The Morgan fingerprint density at radius 1 is 1.25 bits per heavy atom. The monoisotopic (exact) mass is 290 g/mol. The number of anilines is 1. The highest BCUT2D eigenvalue weighted by Gasteiger charge is 2.21. The topological polar surface area (TPSA) is 64.3 Å². The van der Waals surface area contributed by atoms with Gasteiger partial charge in [-0.05, 0) is 32.9 Å². The van der Waals surface area contributed by atoms with Gasteiger partial charge in [-0.1, -0.05) is 0 Å². The lowest BCUT2D eigenvalue weighted by molar-refractivity contribution is 0.129. The molecule has 1 unspecified atom stereocenters. The summed E-state index contributed by atoms with van der Waals surface area (Å²) in [6.07, 6.45) is -4.17. The van der Waals surface area contributed by atoms with Crippen molar-refractivity contribution in [2.45, 2.75) is 39.3 Å². The standard InChI is InChI=1S/C13H17F3N2O2/c1-6(2)20-13(19)18-8-4-9(7(3)17)11(14)10(5-8)12(15)16/h4-7,12H,17H2,1-3H3,(H,18,19). The summed E-state index contributed by atoms with van der Waals surface area (Å²) >= 11 is 0. The molecule has 0 saturated carbocycles. The SMILES string of the molecule is CC(C)OC(=O)Nc1cc(C(C)N)c(F)c(C(F)F)c1. The number of alkyl halides is 2. The zero-order valence-electron chi connectivity index (χ0n) is 11.4. The molecule has 1 atom stereocenters. The molecule has 0 saturated heterocycles. The van der Waals surface area contributed by atoms with Gasteiger partial charge in [-0.15, -0.1) is 0 Å². The number of amides is 1. The summed E-state index contributed by atoms with van der Waals surface area (Å²) in [4.78, 5) is 11.4. The molecule has 1 aromatic carbocycles. The lowest BCUT2D eigenvalue weighted by Crippen LogP contribution is -2.19. The molecular formula is C13H17F3N2O2. The maximum atomic E-state index is 13.8. The van der Waals surface area contributed by atoms with Crippen molar-refractivity contribution < 1.29 is 22.7 Å². The quantitative estimate of drug-likeness (QED) is 0.887. The molecule has 4 nitrogen and oxygen atoms in total. The number of hydrogen-bond donors (Lipinski definition) is 2. The van der Waals surface area contributed by atoms with Gasteiger partial charge in [-0.3, -0.25) is 5.32 Å². The molecule has 1 aromatic rings. The number of halogens is 3. The molecule has 1 amide bonds. The molecule has 0 aliphatic rings. The Bertz CT molecular complexity index is 461. The lowest BCUT2D eigenvalue weighted by Gasteiger charge is -2.15. The fraction of sp³-hybridized carbons (Fsp3) is 0.462. The van der Waals surface area contributed by atoms with Gasteiger partial charge in [0.1, 0.15) is 5.82 Å². The van der Waals surface area contributed by atoms with E-state index in [4.69, 9.17) is 10.5 Å². The van der Waals surface area contributed by atoms with Crippen molar-refractivity contribution in [1.82, 2.24) is 0 Å². The van der Waals surface area contributed by atoms with Gasteiger partial charge in [0.2, 0.25) is 0 Å². The first-order valence-electron chi connectivity index (χ1n) is 6.07. The van der Waals surface area contributed by atoms with E-state index in [0.717, 1.165) is 6.07 Å². The van der Waals surface area contributed by atoms with Gasteiger partial charge in [0.05, 0.1) is 11.7 Å². The second-order valence-corrected chi connectivity index (χ2v) is 4.64. The second-order valence-electron chi connectivity index (χ2n) is 4.64. The Morgan fingerprint density at radius 3 is 2.25 bits per heavy atom. The van der Waals surface area contributed by atoms with E-state index in [1.54, 1.807) is 13.8 Å². The predicted octanol–water partition coefficient (Wildman–Crippen LogP) is 3.74. The summed E-state index contributed by atoms with van der Waals surface area (Å²) in [5.74, 6) is -1.06. The molecule has 0 fully saturated rings. The number of nitrogens with one attached hydrogen (secondary N) is 1. The maximum Gasteiger partial charge on any atom is 0.411 e. The number of carbonyl (C=O) groups excluding carboxylic acids is 1. The van der Waals surface area contributed by atoms with Crippen molar-refractivity contribution in [2.24, 2.45) is 5.73 Å². The van der Waals surface area contributed by atoms with Gasteiger partial charge < -0.3 is 10.5 Å². The van der Waals surface area contributed by atoms with E-state index in [0.29, 0.717) is 0 Å². The molecule has 7 heteroatoms. The summed E-state index contributed by atoms with van der Waals surface area (Å²) in [5.41, 5.74) is 4.65. The number of hydrogen-bond acceptors (Lipinski definition) is 3. The summed E-state index contributed by atoms with van der Waals surface area (Å²) in [6.45, 7) is 4.74. The Hall–Kier alpha value is -1.76. The Morgan fingerprint density at radius 2 is 1.80 bits per heavy atom. The van der Waals surface area contributed by atoms with Crippen LogP contribution in [0.2, 0.25) is 0 Å². The van der Waals surface area contributed by atoms with Crippen molar-refractivity contribution >= 4 is 11.8 Å². The largest absolute Gasteiger partial charge is 0.447 e. The van der Waals surface area contributed by atoms with E-state index < -0.39 is 29.9 Å². The molecule has 0 aliphatic heterocycles. The minimum absolute atomic E-state index is 0.0136. The van der Waals surface area contributed by atoms with Crippen LogP contribution in [0.3, 0.4) is 0 Å².